The molecular formula is C18H21LiO4P+. The fourth-order valence-corrected chi connectivity index (χ4v) is 3.48. The SMILES string of the molecule is COc1cc(OC)c(C(=O)Pc2cc(C)ccc2C)c(OC)c1.[Li+]. The Balaban J connectivity index is 0.00000288. The van der Waals surface area contributed by atoms with Crippen molar-refractivity contribution in [3.63, 3.8) is 0 Å². The number of benzene rings is 2. The Morgan fingerprint density at radius 1 is 0.917 bits per heavy atom. The summed E-state index contributed by atoms with van der Waals surface area (Å²) in [5.41, 5.74) is 2.68. The number of methoxy groups -OCH3 is 3. The molecule has 0 heterocycles. The molecule has 0 N–H and O–H groups in total. The van der Waals surface area contributed by atoms with Gasteiger partial charge in [0.15, 0.2) is 5.52 Å². The van der Waals surface area contributed by atoms with E-state index in [1.165, 1.54) is 14.2 Å². The number of carbonyl (C=O) groups excluding carboxylic acids is 1. The standard InChI is InChI=1S/C18H21O4P.Li/c1-11-6-7-12(2)16(8-11)23-18(19)17-14(21-4)9-13(20-3)10-15(17)22-5;/h6-10,23H,1-5H3;/q;+1. The third kappa shape index (κ3) is 4.54. The van der Waals surface area contributed by atoms with Crippen LogP contribution in [0, 0.1) is 13.8 Å². The molecule has 24 heavy (non-hydrogen) atoms. The van der Waals surface area contributed by atoms with Crippen LogP contribution >= 0.6 is 8.58 Å². The van der Waals surface area contributed by atoms with Crippen LogP contribution in [0.3, 0.4) is 0 Å². The monoisotopic (exact) mass is 339 g/mol. The Morgan fingerprint density at radius 3 is 2.00 bits per heavy atom. The summed E-state index contributed by atoms with van der Waals surface area (Å²) in [6.45, 7) is 4.03. The summed E-state index contributed by atoms with van der Waals surface area (Å²) in [5, 5.41) is 1.04. The molecule has 0 aromatic heterocycles. The summed E-state index contributed by atoms with van der Waals surface area (Å²) < 4.78 is 16.0. The predicted molar refractivity (Wildman–Crippen MR) is 94.3 cm³/mol. The Morgan fingerprint density at radius 2 is 1.50 bits per heavy atom. The maximum absolute atomic E-state index is 12.8. The topological polar surface area (TPSA) is 44.8 Å². The Hall–Kier alpha value is -1.46. The number of hydrogen-bond acceptors (Lipinski definition) is 4. The van der Waals surface area contributed by atoms with Crippen molar-refractivity contribution in [3.05, 3.63) is 47.0 Å². The number of aryl methyl sites for hydroxylation is 2. The van der Waals surface area contributed by atoms with Gasteiger partial charge in [0.05, 0.1) is 21.3 Å². The molecule has 2 aromatic carbocycles. The van der Waals surface area contributed by atoms with Gasteiger partial charge >= 0.3 is 18.9 Å². The average Bonchev–Trinajstić information content (AvgIpc) is 2.56. The summed E-state index contributed by atoms with van der Waals surface area (Å²) in [7, 11) is 4.64. The van der Waals surface area contributed by atoms with Crippen LogP contribution in [-0.4, -0.2) is 26.9 Å². The van der Waals surface area contributed by atoms with E-state index in [4.69, 9.17) is 14.2 Å². The molecule has 0 amide bonds. The first-order valence-corrected chi connectivity index (χ1v) is 8.18. The average molecular weight is 339 g/mol. The van der Waals surface area contributed by atoms with Crippen LogP contribution in [0.2, 0.25) is 0 Å². The van der Waals surface area contributed by atoms with Gasteiger partial charge in [0.1, 0.15) is 22.8 Å². The van der Waals surface area contributed by atoms with Gasteiger partial charge in [0.2, 0.25) is 0 Å². The van der Waals surface area contributed by atoms with Gasteiger partial charge in [-0.3, -0.25) is 4.79 Å². The van der Waals surface area contributed by atoms with Gasteiger partial charge in [-0.2, -0.15) is 0 Å². The fourth-order valence-electron chi connectivity index (χ4n) is 2.28. The van der Waals surface area contributed by atoms with E-state index >= 15 is 0 Å². The summed E-state index contributed by atoms with van der Waals surface area (Å²) in [4.78, 5) is 12.8. The van der Waals surface area contributed by atoms with E-state index in [2.05, 4.69) is 0 Å². The molecule has 0 spiro atoms. The smallest absolute Gasteiger partial charge is 0.496 e. The van der Waals surface area contributed by atoms with Crippen LogP contribution < -0.4 is 38.4 Å². The molecule has 0 fully saturated rings. The van der Waals surface area contributed by atoms with Crippen molar-refractivity contribution >= 4 is 19.4 Å². The summed E-state index contributed by atoms with van der Waals surface area (Å²) in [5.74, 6) is 1.51. The number of hydrogen-bond donors (Lipinski definition) is 0. The van der Waals surface area contributed by atoms with Crippen LogP contribution in [0.15, 0.2) is 30.3 Å². The van der Waals surface area contributed by atoms with Gasteiger partial charge in [-0.05, 0) is 33.3 Å². The van der Waals surface area contributed by atoms with E-state index in [9.17, 15) is 4.79 Å². The van der Waals surface area contributed by atoms with Crippen molar-refractivity contribution < 1.29 is 37.9 Å². The minimum absolute atomic E-state index is 0. The molecule has 1 unspecified atom stereocenters. The second kappa shape index (κ2) is 9.13. The van der Waals surface area contributed by atoms with E-state index in [0.29, 0.717) is 22.8 Å². The quantitative estimate of drug-likeness (QED) is 0.567. The molecule has 0 aliphatic heterocycles. The third-order valence-corrected chi connectivity index (χ3v) is 4.87. The molecule has 0 saturated carbocycles. The molecule has 2 rings (SSSR count). The zero-order chi connectivity index (χ0) is 17.0. The second-order valence-corrected chi connectivity index (χ2v) is 6.42. The first-order valence-electron chi connectivity index (χ1n) is 7.18. The molecule has 1 atom stereocenters. The van der Waals surface area contributed by atoms with E-state index in [-0.39, 0.29) is 33.0 Å². The largest absolute Gasteiger partial charge is 1.00 e. The Labute approximate surface area is 156 Å². The summed E-state index contributed by atoms with van der Waals surface area (Å²) in [6, 6.07) is 9.52. The van der Waals surface area contributed by atoms with Crippen molar-refractivity contribution in [1.29, 1.82) is 0 Å². The minimum Gasteiger partial charge on any atom is -0.496 e. The molecular weight excluding hydrogens is 318 g/mol. The number of rotatable bonds is 6. The maximum Gasteiger partial charge on any atom is 1.00 e. The van der Waals surface area contributed by atoms with Gasteiger partial charge in [0, 0.05) is 12.1 Å². The molecule has 4 nitrogen and oxygen atoms in total. The third-order valence-electron chi connectivity index (χ3n) is 3.58. The van der Waals surface area contributed by atoms with Crippen LogP contribution in [0.5, 0.6) is 17.2 Å². The molecule has 0 bridgehead atoms. The Bertz CT molecular complexity index is 706. The maximum atomic E-state index is 12.8. The van der Waals surface area contributed by atoms with Crippen LogP contribution in [-0.2, 0) is 0 Å². The predicted octanol–water partition coefficient (Wildman–Crippen LogP) is 0.477. The molecule has 122 valence electrons. The van der Waals surface area contributed by atoms with E-state index in [0.717, 1.165) is 16.4 Å². The number of carbonyl (C=O) groups is 1. The molecule has 0 saturated heterocycles. The van der Waals surface area contributed by atoms with Crippen molar-refractivity contribution in [2.75, 3.05) is 21.3 Å². The van der Waals surface area contributed by atoms with Crippen LogP contribution in [0.25, 0.3) is 0 Å². The van der Waals surface area contributed by atoms with Crippen LogP contribution in [0.1, 0.15) is 21.5 Å². The number of ether oxygens (including phenoxy) is 3. The molecule has 2 aromatic rings. The van der Waals surface area contributed by atoms with Crippen LogP contribution in [0.4, 0.5) is 0 Å². The first-order chi connectivity index (χ1) is 11.0. The second-order valence-electron chi connectivity index (χ2n) is 5.18. The molecule has 0 radical (unpaired) electrons. The fraction of sp³-hybridized carbons (Fsp3) is 0.278. The van der Waals surface area contributed by atoms with E-state index in [1.54, 1.807) is 19.2 Å². The van der Waals surface area contributed by atoms with E-state index in [1.807, 2.05) is 32.0 Å². The molecule has 0 aliphatic rings. The van der Waals surface area contributed by atoms with Crippen molar-refractivity contribution in [2.24, 2.45) is 0 Å². The van der Waals surface area contributed by atoms with Crippen molar-refractivity contribution in [2.45, 2.75) is 13.8 Å². The molecule has 0 aliphatic carbocycles. The van der Waals surface area contributed by atoms with E-state index < -0.39 is 0 Å². The van der Waals surface area contributed by atoms with Gasteiger partial charge in [0.25, 0.3) is 0 Å². The summed E-state index contributed by atoms with van der Waals surface area (Å²) >= 11 is 0. The van der Waals surface area contributed by atoms with Crippen molar-refractivity contribution in [3.8, 4) is 17.2 Å². The van der Waals surface area contributed by atoms with Gasteiger partial charge < -0.3 is 14.2 Å². The van der Waals surface area contributed by atoms with Crippen molar-refractivity contribution in [1.82, 2.24) is 0 Å². The first kappa shape index (κ1) is 20.6. The van der Waals surface area contributed by atoms with Gasteiger partial charge in [-0.25, -0.2) is 0 Å². The normalized spacial score (nSPS) is 10.4. The molecule has 6 heteroatoms. The van der Waals surface area contributed by atoms with Gasteiger partial charge in [-0.1, -0.05) is 23.8 Å². The zero-order valence-corrected chi connectivity index (χ0v) is 16.0. The van der Waals surface area contributed by atoms with Gasteiger partial charge in [-0.15, -0.1) is 0 Å². The minimum atomic E-state index is -0.0185. The Kier molecular flexibility index (Phi) is 7.83. The zero-order valence-electron chi connectivity index (χ0n) is 15.0. The summed E-state index contributed by atoms with van der Waals surface area (Å²) in [6.07, 6.45) is 0.